The topological polar surface area (TPSA) is 3.01 Å². The van der Waals surface area contributed by atoms with Gasteiger partial charge >= 0.3 is 0 Å². The molecule has 1 heteroatoms. The van der Waals surface area contributed by atoms with E-state index in [1.807, 2.05) is 5.57 Å². The van der Waals surface area contributed by atoms with Gasteiger partial charge in [-0.3, -0.25) is 0 Å². The molecule has 0 radical (unpaired) electrons. The smallest absolute Gasteiger partial charge is 0.0110 e. The van der Waals surface area contributed by atoms with Gasteiger partial charge in [0.05, 0.1) is 0 Å². The van der Waals surface area contributed by atoms with Crippen molar-refractivity contribution in [3.63, 3.8) is 0 Å². The van der Waals surface area contributed by atoms with Crippen LogP contribution in [0.15, 0.2) is 11.1 Å². The lowest BCUT2D eigenvalue weighted by Gasteiger charge is -2.60. The SMILES string of the molecule is CC1=C2CC3(CN4CC4)CCC(C4CCCCC4)C2(CC1)C3(C)C. The van der Waals surface area contributed by atoms with Crippen molar-refractivity contribution < 1.29 is 0 Å². The predicted molar refractivity (Wildman–Crippen MR) is 101 cm³/mol. The van der Waals surface area contributed by atoms with Gasteiger partial charge in [-0.15, -0.1) is 0 Å². The molecule has 1 nitrogen and oxygen atoms in total. The summed E-state index contributed by atoms with van der Waals surface area (Å²) in [6.07, 6.45) is 15.0. The fourth-order valence-corrected chi connectivity index (χ4v) is 8.21. The summed E-state index contributed by atoms with van der Waals surface area (Å²) in [5.41, 5.74) is 5.45. The van der Waals surface area contributed by atoms with Crippen molar-refractivity contribution in [3.8, 4) is 0 Å². The molecule has 0 N–H and O–H groups in total. The molecule has 1 spiro atoms. The summed E-state index contributed by atoms with van der Waals surface area (Å²) in [5.74, 6) is 2.04. The van der Waals surface area contributed by atoms with Crippen molar-refractivity contribution >= 4 is 0 Å². The highest BCUT2D eigenvalue weighted by Crippen LogP contribution is 2.78. The normalized spacial score (nSPS) is 44.9. The average Bonchev–Trinajstić information content (AvgIpc) is 3.32. The molecule has 5 aliphatic rings. The first kappa shape index (κ1) is 15.9. The second kappa shape index (κ2) is 5.12. The Kier molecular flexibility index (Phi) is 3.39. The van der Waals surface area contributed by atoms with Gasteiger partial charge in [0.15, 0.2) is 0 Å². The molecule has 1 aliphatic heterocycles. The minimum atomic E-state index is 0.510. The Labute approximate surface area is 149 Å². The van der Waals surface area contributed by atoms with Crippen LogP contribution in [0, 0.1) is 28.1 Å². The van der Waals surface area contributed by atoms with Crippen molar-refractivity contribution in [3.05, 3.63) is 11.1 Å². The van der Waals surface area contributed by atoms with E-state index in [1.165, 1.54) is 77.4 Å². The van der Waals surface area contributed by atoms with Crippen molar-refractivity contribution in [2.24, 2.45) is 28.1 Å². The summed E-state index contributed by atoms with van der Waals surface area (Å²) in [5, 5.41) is 0. The second-order valence-corrected chi connectivity index (χ2v) is 10.6. The van der Waals surface area contributed by atoms with Crippen LogP contribution in [-0.4, -0.2) is 24.5 Å². The maximum Gasteiger partial charge on any atom is 0.0110 e. The summed E-state index contributed by atoms with van der Waals surface area (Å²) < 4.78 is 0. The van der Waals surface area contributed by atoms with E-state index in [-0.39, 0.29) is 0 Å². The van der Waals surface area contributed by atoms with Crippen molar-refractivity contribution in [2.45, 2.75) is 85.0 Å². The quantitative estimate of drug-likeness (QED) is 0.467. The van der Waals surface area contributed by atoms with Gasteiger partial charge < -0.3 is 4.90 Å². The Hall–Kier alpha value is -0.300. The van der Waals surface area contributed by atoms with E-state index >= 15 is 0 Å². The average molecular weight is 328 g/mol. The lowest BCUT2D eigenvalue weighted by molar-refractivity contribution is -0.103. The zero-order valence-electron chi connectivity index (χ0n) is 16.3. The minimum Gasteiger partial charge on any atom is -0.300 e. The molecule has 3 unspecified atom stereocenters. The van der Waals surface area contributed by atoms with Crippen LogP contribution in [0.3, 0.4) is 0 Å². The predicted octanol–water partition coefficient (Wildman–Crippen LogP) is 5.81. The molecular formula is C23H37N. The van der Waals surface area contributed by atoms with Gasteiger partial charge in [-0.05, 0) is 61.7 Å². The molecule has 0 aromatic carbocycles. The summed E-state index contributed by atoms with van der Waals surface area (Å²) in [6.45, 7) is 12.0. The highest BCUT2D eigenvalue weighted by atomic mass is 15.3. The number of nitrogens with zero attached hydrogens (tertiary/aromatic N) is 1. The first-order valence-electron chi connectivity index (χ1n) is 10.9. The highest BCUT2D eigenvalue weighted by molar-refractivity contribution is 5.41. The molecule has 0 aromatic rings. The number of rotatable bonds is 3. The Morgan fingerprint density at radius 1 is 1.00 bits per heavy atom. The Morgan fingerprint density at radius 2 is 1.75 bits per heavy atom. The van der Waals surface area contributed by atoms with Crippen molar-refractivity contribution in [1.82, 2.24) is 4.90 Å². The van der Waals surface area contributed by atoms with Gasteiger partial charge in [0.1, 0.15) is 0 Å². The molecule has 0 amide bonds. The number of fused-ring (bicyclic) bond motifs is 1. The lowest BCUT2D eigenvalue weighted by atomic mass is 9.45. The summed E-state index contributed by atoms with van der Waals surface area (Å²) in [4.78, 5) is 2.73. The Bertz CT molecular complexity index is 563. The molecule has 2 bridgehead atoms. The molecule has 1 saturated heterocycles. The van der Waals surface area contributed by atoms with Crippen LogP contribution < -0.4 is 0 Å². The lowest BCUT2D eigenvalue weighted by Crippen LogP contribution is -2.55. The Morgan fingerprint density at radius 3 is 2.46 bits per heavy atom. The van der Waals surface area contributed by atoms with E-state index in [1.54, 1.807) is 12.0 Å². The summed E-state index contributed by atoms with van der Waals surface area (Å²) >= 11 is 0. The van der Waals surface area contributed by atoms with Crippen LogP contribution in [0.4, 0.5) is 0 Å². The van der Waals surface area contributed by atoms with Gasteiger partial charge in [-0.2, -0.15) is 0 Å². The molecule has 0 aromatic heterocycles. The third-order valence-corrected chi connectivity index (χ3v) is 9.76. The summed E-state index contributed by atoms with van der Waals surface area (Å²) in [7, 11) is 0. The van der Waals surface area contributed by atoms with E-state index in [9.17, 15) is 0 Å². The number of hydrogen-bond acceptors (Lipinski definition) is 1. The molecule has 5 rings (SSSR count). The standard InChI is InChI=1S/C23H37N/c1-17-9-12-23-19(18-7-5-4-6-8-18)10-11-22(15-20(17)23,21(23,2)3)16-24-13-14-24/h18-19H,4-16H2,1-3H3. The highest BCUT2D eigenvalue weighted by Gasteiger charge is 2.71. The number of hydrogen-bond donors (Lipinski definition) is 0. The van der Waals surface area contributed by atoms with Crippen LogP contribution >= 0.6 is 0 Å². The van der Waals surface area contributed by atoms with Crippen LogP contribution in [-0.2, 0) is 0 Å². The van der Waals surface area contributed by atoms with Crippen molar-refractivity contribution in [1.29, 1.82) is 0 Å². The third kappa shape index (κ3) is 1.86. The van der Waals surface area contributed by atoms with E-state index in [0.717, 1.165) is 11.8 Å². The Balaban J connectivity index is 1.58. The molecule has 134 valence electrons. The molecule has 4 fully saturated rings. The van der Waals surface area contributed by atoms with E-state index < -0.39 is 0 Å². The fraction of sp³-hybridized carbons (Fsp3) is 0.913. The fourth-order valence-electron chi connectivity index (χ4n) is 8.21. The van der Waals surface area contributed by atoms with Gasteiger partial charge in [0.25, 0.3) is 0 Å². The minimum absolute atomic E-state index is 0.510. The molecule has 1 heterocycles. The van der Waals surface area contributed by atoms with E-state index in [4.69, 9.17) is 0 Å². The van der Waals surface area contributed by atoms with Crippen LogP contribution in [0.25, 0.3) is 0 Å². The maximum atomic E-state index is 2.73. The molecule has 4 aliphatic carbocycles. The molecular weight excluding hydrogens is 290 g/mol. The van der Waals surface area contributed by atoms with Crippen LogP contribution in [0.5, 0.6) is 0 Å². The molecule has 3 atom stereocenters. The van der Waals surface area contributed by atoms with E-state index in [0.29, 0.717) is 16.2 Å². The maximum absolute atomic E-state index is 2.73. The number of allylic oxidation sites excluding steroid dienone is 2. The first-order chi connectivity index (χ1) is 11.5. The summed E-state index contributed by atoms with van der Waals surface area (Å²) in [6, 6.07) is 0. The molecule has 24 heavy (non-hydrogen) atoms. The van der Waals surface area contributed by atoms with Gasteiger partial charge in [0.2, 0.25) is 0 Å². The van der Waals surface area contributed by atoms with Gasteiger partial charge in [0, 0.05) is 25.0 Å². The van der Waals surface area contributed by atoms with Crippen molar-refractivity contribution in [2.75, 3.05) is 19.6 Å². The second-order valence-electron chi connectivity index (χ2n) is 10.6. The van der Waals surface area contributed by atoms with Gasteiger partial charge in [-0.1, -0.05) is 57.1 Å². The van der Waals surface area contributed by atoms with Crippen LogP contribution in [0.2, 0.25) is 0 Å². The van der Waals surface area contributed by atoms with E-state index in [2.05, 4.69) is 25.7 Å². The zero-order valence-corrected chi connectivity index (χ0v) is 16.3. The zero-order chi connectivity index (χ0) is 16.6. The third-order valence-electron chi connectivity index (χ3n) is 9.76. The first-order valence-corrected chi connectivity index (χ1v) is 10.9. The molecule has 3 saturated carbocycles. The van der Waals surface area contributed by atoms with Crippen LogP contribution in [0.1, 0.15) is 85.0 Å². The monoisotopic (exact) mass is 327 g/mol. The largest absolute Gasteiger partial charge is 0.300 e. The van der Waals surface area contributed by atoms with Gasteiger partial charge in [-0.25, -0.2) is 0 Å².